The van der Waals surface area contributed by atoms with E-state index in [-0.39, 0.29) is 6.17 Å². The second kappa shape index (κ2) is 5.20. The van der Waals surface area contributed by atoms with E-state index in [9.17, 15) is 4.79 Å². The maximum absolute atomic E-state index is 11.2. The summed E-state index contributed by atoms with van der Waals surface area (Å²) in [6.45, 7) is 1.73. The number of carboxylic acid groups (broad SMARTS) is 1. The van der Waals surface area contributed by atoms with Gasteiger partial charge in [0, 0.05) is 23.5 Å². The first-order valence-corrected chi connectivity index (χ1v) is 5.87. The minimum atomic E-state index is -0.891. The van der Waals surface area contributed by atoms with Gasteiger partial charge in [0.1, 0.15) is 6.04 Å². The van der Waals surface area contributed by atoms with Gasteiger partial charge in [-0.3, -0.25) is 10.1 Å². The number of nitrogens with two attached hydrogens (primary N) is 1. The van der Waals surface area contributed by atoms with Crippen LogP contribution >= 0.6 is 0 Å². The lowest BCUT2D eigenvalue weighted by Gasteiger charge is -2.16. The van der Waals surface area contributed by atoms with Crippen LogP contribution in [0.25, 0.3) is 10.9 Å². The Balaban J connectivity index is 2.23. The molecule has 0 aliphatic rings. The number of rotatable bonds is 5. The molecule has 0 amide bonds. The molecule has 0 saturated heterocycles. The normalized spacial score (nSPS) is 14.6. The maximum atomic E-state index is 11.2. The first-order valence-electron chi connectivity index (χ1n) is 5.87. The van der Waals surface area contributed by atoms with Gasteiger partial charge in [-0.05, 0) is 18.6 Å². The Bertz CT molecular complexity index is 548. The van der Waals surface area contributed by atoms with Gasteiger partial charge in [0.2, 0.25) is 0 Å². The quantitative estimate of drug-likeness (QED) is 0.594. The summed E-state index contributed by atoms with van der Waals surface area (Å²) < 4.78 is 0. The Morgan fingerprint density at radius 1 is 1.50 bits per heavy atom. The van der Waals surface area contributed by atoms with E-state index >= 15 is 0 Å². The number of hydrogen-bond donors (Lipinski definition) is 4. The zero-order valence-electron chi connectivity index (χ0n) is 10.2. The van der Waals surface area contributed by atoms with Gasteiger partial charge in [0.25, 0.3) is 0 Å². The molecule has 2 aromatic rings. The highest BCUT2D eigenvalue weighted by atomic mass is 16.4. The van der Waals surface area contributed by atoms with Crippen LogP contribution < -0.4 is 11.1 Å². The number of aromatic amines is 1. The van der Waals surface area contributed by atoms with E-state index < -0.39 is 12.0 Å². The number of fused-ring (bicyclic) bond motifs is 1. The second-order valence-corrected chi connectivity index (χ2v) is 4.41. The number of para-hydroxylation sites is 1. The average Bonchev–Trinajstić information content (AvgIpc) is 2.71. The number of aromatic nitrogens is 1. The minimum absolute atomic E-state index is 0.351. The number of carbonyl (C=O) groups is 1. The van der Waals surface area contributed by atoms with Crippen molar-refractivity contribution >= 4 is 16.9 Å². The van der Waals surface area contributed by atoms with Crippen molar-refractivity contribution in [2.45, 2.75) is 25.6 Å². The van der Waals surface area contributed by atoms with Gasteiger partial charge in [-0.2, -0.15) is 0 Å². The van der Waals surface area contributed by atoms with Crippen LogP contribution in [0.1, 0.15) is 12.5 Å². The summed E-state index contributed by atoms with van der Waals surface area (Å²) in [7, 11) is 0. The zero-order chi connectivity index (χ0) is 13.1. The summed E-state index contributed by atoms with van der Waals surface area (Å²) in [5.74, 6) is -0.891. The summed E-state index contributed by atoms with van der Waals surface area (Å²) in [6.07, 6.45) is 1.90. The Labute approximate surface area is 105 Å². The van der Waals surface area contributed by atoms with E-state index in [2.05, 4.69) is 10.3 Å². The molecule has 0 bridgehead atoms. The molecule has 0 aliphatic heterocycles. The summed E-state index contributed by atoms with van der Waals surface area (Å²) in [6, 6.07) is 7.15. The van der Waals surface area contributed by atoms with Crippen LogP contribution in [0, 0.1) is 0 Å². The van der Waals surface area contributed by atoms with Gasteiger partial charge in [0.05, 0.1) is 6.17 Å². The molecule has 5 nitrogen and oxygen atoms in total. The first-order chi connectivity index (χ1) is 8.58. The molecule has 2 unspecified atom stereocenters. The number of aliphatic carboxylic acids is 1. The molecular weight excluding hydrogens is 230 g/mol. The van der Waals surface area contributed by atoms with Crippen molar-refractivity contribution in [3.63, 3.8) is 0 Å². The highest BCUT2D eigenvalue weighted by Gasteiger charge is 2.20. The molecule has 18 heavy (non-hydrogen) atoms. The number of carboxylic acids is 1. The van der Waals surface area contributed by atoms with Crippen LogP contribution in [0.5, 0.6) is 0 Å². The predicted octanol–water partition coefficient (Wildman–Crippen LogP) is 1.06. The molecular formula is C13H17N3O2. The molecule has 0 spiro atoms. The van der Waals surface area contributed by atoms with Crippen LogP contribution in [-0.4, -0.2) is 28.3 Å². The predicted molar refractivity (Wildman–Crippen MR) is 70.2 cm³/mol. The molecule has 0 fully saturated rings. The van der Waals surface area contributed by atoms with Gasteiger partial charge in [-0.15, -0.1) is 0 Å². The van der Waals surface area contributed by atoms with E-state index in [0.717, 1.165) is 16.5 Å². The third kappa shape index (κ3) is 2.69. The minimum Gasteiger partial charge on any atom is -0.480 e. The first kappa shape index (κ1) is 12.6. The van der Waals surface area contributed by atoms with Crippen LogP contribution in [-0.2, 0) is 11.2 Å². The molecule has 1 aromatic heterocycles. The number of benzene rings is 1. The van der Waals surface area contributed by atoms with Crippen LogP contribution in [0.4, 0.5) is 0 Å². The highest BCUT2D eigenvalue weighted by molar-refractivity contribution is 5.84. The van der Waals surface area contributed by atoms with E-state index in [1.54, 1.807) is 6.92 Å². The average molecular weight is 247 g/mol. The van der Waals surface area contributed by atoms with Crippen molar-refractivity contribution in [3.05, 3.63) is 36.0 Å². The Morgan fingerprint density at radius 3 is 2.89 bits per heavy atom. The van der Waals surface area contributed by atoms with Gasteiger partial charge in [0.15, 0.2) is 0 Å². The van der Waals surface area contributed by atoms with Crippen molar-refractivity contribution < 1.29 is 9.90 Å². The summed E-state index contributed by atoms with van der Waals surface area (Å²) in [4.78, 5) is 14.3. The van der Waals surface area contributed by atoms with Crippen molar-refractivity contribution in [2.24, 2.45) is 5.73 Å². The fraction of sp³-hybridized carbons (Fsp3) is 0.308. The van der Waals surface area contributed by atoms with Crippen LogP contribution in [0.2, 0.25) is 0 Å². The molecule has 2 rings (SSSR count). The van der Waals surface area contributed by atoms with Crippen molar-refractivity contribution in [3.8, 4) is 0 Å². The molecule has 96 valence electrons. The number of H-pyrrole nitrogens is 1. The lowest BCUT2D eigenvalue weighted by Crippen LogP contribution is -2.47. The standard InChI is InChI=1S/C13H17N3O2/c1-8(14)16-12(13(17)18)6-9-7-15-11-5-3-2-4-10(9)11/h2-5,7-8,12,15-16H,6,14H2,1H3,(H,17,18). The van der Waals surface area contributed by atoms with E-state index in [4.69, 9.17) is 10.8 Å². The molecule has 5 heteroatoms. The lowest BCUT2D eigenvalue weighted by atomic mass is 10.0. The smallest absolute Gasteiger partial charge is 0.321 e. The molecule has 0 radical (unpaired) electrons. The summed E-state index contributed by atoms with van der Waals surface area (Å²) in [5, 5.41) is 13.1. The maximum Gasteiger partial charge on any atom is 0.321 e. The summed E-state index contributed by atoms with van der Waals surface area (Å²) in [5.41, 5.74) is 7.58. The summed E-state index contributed by atoms with van der Waals surface area (Å²) >= 11 is 0. The Morgan fingerprint density at radius 2 is 2.22 bits per heavy atom. The Kier molecular flexibility index (Phi) is 3.64. The van der Waals surface area contributed by atoms with E-state index in [0.29, 0.717) is 6.42 Å². The SMILES string of the molecule is CC(N)NC(Cc1c[nH]c2ccccc12)C(=O)O. The number of hydrogen-bond acceptors (Lipinski definition) is 3. The Hall–Kier alpha value is -1.85. The lowest BCUT2D eigenvalue weighted by molar-refractivity contribution is -0.139. The number of nitrogens with one attached hydrogen (secondary N) is 2. The second-order valence-electron chi connectivity index (χ2n) is 4.41. The van der Waals surface area contributed by atoms with E-state index in [1.165, 1.54) is 0 Å². The van der Waals surface area contributed by atoms with E-state index in [1.807, 2.05) is 30.5 Å². The third-order valence-electron chi connectivity index (χ3n) is 2.86. The monoisotopic (exact) mass is 247 g/mol. The van der Waals surface area contributed by atoms with Gasteiger partial charge < -0.3 is 15.8 Å². The van der Waals surface area contributed by atoms with Gasteiger partial charge in [-0.25, -0.2) is 0 Å². The van der Waals surface area contributed by atoms with Crippen LogP contribution in [0.3, 0.4) is 0 Å². The van der Waals surface area contributed by atoms with Crippen molar-refractivity contribution in [1.82, 2.24) is 10.3 Å². The molecule has 1 aromatic carbocycles. The van der Waals surface area contributed by atoms with Crippen LogP contribution in [0.15, 0.2) is 30.5 Å². The largest absolute Gasteiger partial charge is 0.480 e. The third-order valence-corrected chi connectivity index (χ3v) is 2.86. The van der Waals surface area contributed by atoms with Crippen molar-refractivity contribution in [2.75, 3.05) is 0 Å². The van der Waals surface area contributed by atoms with Crippen molar-refractivity contribution in [1.29, 1.82) is 0 Å². The molecule has 2 atom stereocenters. The molecule has 1 heterocycles. The fourth-order valence-corrected chi connectivity index (χ4v) is 2.06. The van der Waals surface area contributed by atoms with Gasteiger partial charge >= 0.3 is 5.97 Å². The highest BCUT2D eigenvalue weighted by Crippen LogP contribution is 2.19. The molecule has 0 aliphatic carbocycles. The van der Waals surface area contributed by atoms with Gasteiger partial charge in [-0.1, -0.05) is 18.2 Å². The fourth-order valence-electron chi connectivity index (χ4n) is 2.06. The molecule has 0 saturated carbocycles. The molecule has 5 N–H and O–H groups in total. The zero-order valence-corrected chi connectivity index (χ0v) is 10.2. The topological polar surface area (TPSA) is 91.1 Å².